The minimum atomic E-state index is -0.897. The van der Waals surface area contributed by atoms with Gasteiger partial charge in [-0.3, -0.25) is 0 Å². The van der Waals surface area contributed by atoms with Crippen molar-refractivity contribution in [3.05, 3.63) is 208 Å². The molecule has 0 unspecified atom stereocenters. The zero-order valence-electron chi connectivity index (χ0n) is 27.0. The summed E-state index contributed by atoms with van der Waals surface area (Å²) in [6.07, 6.45) is 16.4. The minimum absolute atomic E-state index is 0. The van der Waals surface area contributed by atoms with E-state index in [4.69, 9.17) is 9.47 Å². The summed E-state index contributed by atoms with van der Waals surface area (Å²) in [5.74, 6) is 2.10. The molecule has 0 aromatic heterocycles. The fourth-order valence-corrected chi connectivity index (χ4v) is 11.0. The molecule has 48 heavy (non-hydrogen) atoms. The number of ether oxygens (including phenoxy) is 2. The van der Waals surface area contributed by atoms with Gasteiger partial charge in [0.2, 0.25) is 0 Å². The van der Waals surface area contributed by atoms with E-state index in [0.29, 0.717) is 0 Å². The van der Waals surface area contributed by atoms with Gasteiger partial charge in [-0.2, -0.15) is 0 Å². The summed E-state index contributed by atoms with van der Waals surface area (Å²) in [5.41, 5.74) is 2.49. The fourth-order valence-electron chi connectivity index (χ4n) is 5.89. The number of rotatable bonds is 10. The average molecular weight is 705 g/mol. The Morgan fingerprint density at radius 2 is 0.917 bits per heavy atom. The first-order valence-electron chi connectivity index (χ1n) is 15.7. The van der Waals surface area contributed by atoms with E-state index in [1.165, 1.54) is 43.7 Å². The molecular weight excluding hydrogens is 666 g/mol. The first kappa shape index (κ1) is 36.5. The third-order valence-corrected chi connectivity index (χ3v) is 13.0. The SMILES string of the molecule is COc1ccccc1[P@@]([C]1[CH][CH][CH][C]1[C@@H](OC)c1ccccc1P(c1ccccc1)c1ccccc1)c1ccccc1.[CH]1[CH][CH][CH][CH]1.[Fe+2]. The third kappa shape index (κ3) is 8.69. The molecule has 238 valence electrons. The van der Waals surface area contributed by atoms with Gasteiger partial charge >= 0.3 is 17.1 Å². The molecule has 0 aliphatic heterocycles. The van der Waals surface area contributed by atoms with Crippen LogP contribution >= 0.6 is 15.8 Å². The van der Waals surface area contributed by atoms with Gasteiger partial charge in [0.15, 0.2) is 0 Å². The molecule has 0 spiro atoms. The van der Waals surface area contributed by atoms with Crippen molar-refractivity contribution in [2.75, 3.05) is 14.2 Å². The Labute approximate surface area is 301 Å². The maximum atomic E-state index is 6.45. The van der Waals surface area contributed by atoms with Crippen molar-refractivity contribution < 1.29 is 26.5 Å². The first-order valence-corrected chi connectivity index (χ1v) is 18.4. The first-order chi connectivity index (χ1) is 23.3. The summed E-state index contributed by atoms with van der Waals surface area (Å²) in [6, 6.07) is 49.8. The molecule has 0 heterocycles. The smallest absolute Gasteiger partial charge is 0.496 e. The normalized spacial score (nSPS) is 16.1. The van der Waals surface area contributed by atoms with Crippen molar-refractivity contribution in [2.24, 2.45) is 0 Å². The molecule has 2 nitrogen and oxygen atoms in total. The molecule has 2 saturated carbocycles. The summed E-state index contributed by atoms with van der Waals surface area (Å²) in [6.45, 7) is 0. The number of hydrogen-bond donors (Lipinski definition) is 0. The topological polar surface area (TPSA) is 18.5 Å². The van der Waals surface area contributed by atoms with E-state index in [1.54, 1.807) is 7.11 Å². The van der Waals surface area contributed by atoms with Crippen LogP contribution in [-0.2, 0) is 21.8 Å². The molecule has 2 aliphatic carbocycles. The van der Waals surface area contributed by atoms with Crippen molar-refractivity contribution in [3.63, 3.8) is 0 Å². The van der Waals surface area contributed by atoms with Gasteiger partial charge in [-0.25, -0.2) is 0 Å². The standard InChI is InChI=1S/C38H33O2P2.C5H5.Fe/c1-39-34-25-13-15-27-37(34)42(31-21-10-5-11-22-31)36-28-16-24-33(36)38(40-2)32-23-12-14-26-35(32)41(29-17-6-3-7-18-29)30-19-8-4-9-20-30;1-2-4-5-3-1;/h3-28,38H,1-2H3;1-5H;/q;;+2/t38-,42+;;/m0../s1. The van der Waals surface area contributed by atoms with Crippen molar-refractivity contribution in [2.45, 2.75) is 6.10 Å². The minimum Gasteiger partial charge on any atom is -0.496 e. The van der Waals surface area contributed by atoms with Gasteiger partial charge in [0.05, 0.1) is 13.2 Å². The van der Waals surface area contributed by atoms with Crippen molar-refractivity contribution >= 4 is 42.4 Å². The summed E-state index contributed by atoms with van der Waals surface area (Å²) >= 11 is 0. The Bertz CT molecular complexity index is 1600. The van der Waals surface area contributed by atoms with Crippen molar-refractivity contribution in [3.8, 4) is 5.75 Å². The molecule has 0 N–H and O–H groups in total. The van der Waals surface area contributed by atoms with Crippen LogP contribution in [-0.4, -0.2) is 14.2 Å². The summed E-state index contributed by atoms with van der Waals surface area (Å²) in [5, 5.41) is 6.44. The molecule has 0 saturated heterocycles. The van der Waals surface area contributed by atoms with Crippen molar-refractivity contribution in [1.82, 2.24) is 0 Å². The molecule has 5 aromatic carbocycles. The molecular formula is C43H38FeO2P2+2. The van der Waals surface area contributed by atoms with E-state index in [0.717, 1.165) is 5.75 Å². The maximum absolute atomic E-state index is 6.45. The van der Waals surface area contributed by atoms with Crippen LogP contribution in [0.1, 0.15) is 11.7 Å². The van der Waals surface area contributed by atoms with E-state index in [1.807, 2.05) is 45.3 Å². The van der Waals surface area contributed by atoms with E-state index in [-0.39, 0.29) is 23.2 Å². The quantitative estimate of drug-likeness (QED) is 0.108. The van der Waals surface area contributed by atoms with Gasteiger partial charge in [-0.1, -0.05) is 133 Å². The zero-order chi connectivity index (χ0) is 32.3. The van der Waals surface area contributed by atoms with Crippen LogP contribution in [0.4, 0.5) is 0 Å². The van der Waals surface area contributed by atoms with E-state index in [9.17, 15) is 0 Å². The Morgan fingerprint density at radius 3 is 1.44 bits per heavy atom. The van der Waals surface area contributed by atoms with Gasteiger partial charge in [0.1, 0.15) is 5.75 Å². The predicted octanol–water partition coefficient (Wildman–Crippen LogP) is 8.03. The molecule has 10 radical (unpaired) electrons. The molecule has 2 atom stereocenters. The van der Waals surface area contributed by atoms with Crippen molar-refractivity contribution in [1.29, 1.82) is 0 Å². The van der Waals surface area contributed by atoms with E-state index in [2.05, 4.69) is 153 Å². The zero-order valence-corrected chi connectivity index (χ0v) is 29.9. The Balaban J connectivity index is 0.000000689. The van der Waals surface area contributed by atoms with Crippen LogP contribution in [0.3, 0.4) is 0 Å². The van der Waals surface area contributed by atoms with Gasteiger partial charge in [-0.15, -0.1) is 0 Å². The Hall–Kier alpha value is -2.76. The molecule has 2 aliphatic rings. The van der Waals surface area contributed by atoms with Gasteiger partial charge in [0.25, 0.3) is 0 Å². The number of hydrogen-bond acceptors (Lipinski definition) is 2. The Morgan fingerprint density at radius 1 is 0.458 bits per heavy atom. The molecule has 5 heteroatoms. The van der Waals surface area contributed by atoms with Crippen LogP contribution in [0.25, 0.3) is 0 Å². The van der Waals surface area contributed by atoms with Gasteiger partial charge in [0, 0.05) is 24.0 Å². The summed E-state index contributed by atoms with van der Waals surface area (Å²) in [4.78, 5) is 0. The number of methoxy groups -OCH3 is 2. The fraction of sp³-hybridized carbons (Fsp3) is 0.0698. The monoisotopic (exact) mass is 704 g/mol. The second-order valence-electron chi connectivity index (χ2n) is 10.9. The predicted molar refractivity (Wildman–Crippen MR) is 201 cm³/mol. The van der Waals surface area contributed by atoms with Crippen LogP contribution in [0.5, 0.6) is 5.75 Å². The molecule has 2 fully saturated rings. The maximum Gasteiger partial charge on any atom is 2.00 e. The Kier molecular flexibility index (Phi) is 14.3. The van der Waals surface area contributed by atoms with Crippen LogP contribution in [0.15, 0.2) is 140 Å². The van der Waals surface area contributed by atoms with E-state index >= 15 is 0 Å². The molecule has 0 amide bonds. The van der Waals surface area contributed by atoms with Gasteiger partial charge < -0.3 is 9.47 Å². The largest absolute Gasteiger partial charge is 2.00 e. The second kappa shape index (κ2) is 18.9. The molecule has 5 aromatic rings. The average Bonchev–Trinajstić information content (AvgIpc) is 3.88. The van der Waals surface area contributed by atoms with Crippen LogP contribution in [0.2, 0.25) is 0 Å². The summed E-state index contributed by atoms with van der Waals surface area (Å²) < 4.78 is 12.3. The van der Waals surface area contributed by atoms with Crippen LogP contribution in [0, 0.1) is 62.9 Å². The summed E-state index contributed by atoms with van der Waals surface area (Å²) in [7, 11) is 1.90. The van der Waals surface area contributed by atoms with Crippen LogP contribution < -0.4 is 31.3 Å². The molecule has 0 bridgehead atoms. The third-order valence-electron chi connectivity index (χ3n) is 7.97. The van der Waals surface area contributed by atoms with E-state index < -0.39 is 15.8 Å². The number of benzene rings is 5. The van der Waals surface area contributed by atoms with Gasteiger partial charge in [-0.05, 0) is 100 Å². The number of para-hydroxylation sites is 1. The molecule has 7 rings (SSSR count). The second-order valence-corrected chi connectivity index (χ2v) is 15.2.